The maximum atomic E-state index is 11.7. The van der Waals surface area contributed by atoms with E-state index in [0.29, 0.717) is 5.56 Å². The maximum absolute atomic E-state index is 11.7. The average molecular weight is 456 g/mol. The molecule has 0 amide bonds. The lowest BCUT2D eigenvalue weighted by Gasteiger charge is -2.20. The second-order valence-electron chi connectivity index (χ2n) is 7.25. The van der Waals surface area contributed by atoms with Crippen LogP contribution in [0.2, 0.25) is 0 Å². The second kappa shape index (κ2) is 9.25. The molecule has 4 aromatic rings. The number of hydrogen-bond acceptors (Lipinski definition) is 6. The van der Waals surface area contributed by atoms with Gasteiger partial charge in [-0.25, -0.2) is 9.59 Å². The number of ether oxygens (including phenoxy) is 2. The third kappa shape index (κ3) is 4.33. The molecule has 8 nitrogen and oxygen atoms in total. The summed E-state index contributed by atoms with van der Waals surface area (Å²) in [5, 5.41) is 19.1. The molecule has 4 rings (SSSR count). The molecule has 6 N–H and O–H groups in total. The molecule has 0 atom stereocenters. The van der Waals surface area contributed by atoms with Crippen molar-refractivity contribution in [2.24, 2.45) is 0 Å². The SMILES string of the molecule is Nc1c(-c2ccccc2)cc(Oc2ccccc2C(=O)O)c(Oc2ccccc2C(=O)O)c1N. The number of anilines is 2. The third-order valence-electron chi connectivity index (χ3n) is 5.08. The van der Waals surface area contributed by atoms with Gasteiger partial charge in [-0.1, -0.05) is 54.6 Å². The fourth-order valence-corrected chi connectivity index (χ4v) is 3.41. The van der Waals surface area contributed by atoms with Crippen molar-refractivity contribution in [2.45, 2.75) is 0 Å². The molecule has 0 aliphatic heterocycles. The number of nitrogens with two attached hydrogens (primary N) is 2. The van der Waals surface area contributed by atoms with E-state index in [1.165, 1.54) is 24.3 Å². The first-order valence-corrected chi connectivity index (χ1v) is 10.1. The molecule has 8 heteroatoms. The van der Waals surface area contributed by atoms with Crippen LogP contribution in [0.3, 0.4) is 0 Å². The highest BCUT2D eigenvalue weighted by Gasteiger charge is 2.23. The number of nitrogen functional groups attached to an aromatic ring is 2. The minimum Gasteiger partial charge on any atom is -0.478 e. The van der Waals surface area contributed by atoms with Gasteiger partial charge in [0.1, 0.15) is 28.3 Å². The normalized spacial score (nSPS) is 10.5. The highest BCUT2D eigenvalue weighted by atomic mass is 16.5. The van der Waals surface area contributed by atoms with Gasteiger partial charge in [0.15, 0.2) is 11.5 Å². The van der Waals surface area contributed by atoms with E-state index in [1.54, 1.807) is 30.3 Å². The van der Waals surface area contributed by atoms with Gasteiger partial charge in [-0.15, -0.1) is 0 Å². The maximum Gasteiger partial charge on any atom is 0.339 e. The zero-order valence-electron chi connectivity index (χ0n) is 17.8. The Hall–Kier alpha value is -4.98. The van der Waals surface area contributed by atoms with E-state index < -0.39 is 11.9 Å². The van der Waals surface area contributed by atoms with Gasteiger partial charge in [0, 0.05) is 5.56 Å². The first-order chi connectivity index (χ1) is 16.4. The quantitative estimate of drug-likeness (QED) is 0.267. The smallest absolute Gasteiger partial charge is 0.339 e. The highest BCUT2D eigenvalue weighted by molar-refractivity contribution is 5.94. The van der Waals surface area contributed by atoms with Crippen molar-refractivity contribution < 1.29 is 29.3 Å². The summed E-state index contributed by atoms with van der Waals surface area (Å²) in [6, 6.07) is 22.9. The minimum atomic E-state index is -1.19. The molecule has 0 heterocycles. The van der Waals surface area contributed by atoms with Gasteiger partial charge in [0.2, 0.25) is 0 Å². The van der Waals surface area contributed by atoms with Crippen LogP contribution in [-0.4, -0.2) is 22.2 Å². The number of benzene rings is 4. The molecule has 4 aromatic carbocycles. The number of rotatable bonds is 7. The van der Waals surface area contributed by atoms with Crippen molar-refractivity contribution in [3.8, 4) is 34.1 Å². The van der Waals surface area contributed by atoms with Gasteiger partial charge in [-0.3, -0.25) is 0 Å². The van der Waals surface area contributed by atoms with Crippen LogP contribution < -0.4 is 20.9 Å². The van der Waals surface area contributed by atoms with Crippen LogP contribution in [0, 0.1) is 0 Å². The number of carbonyl (C=O) groups is 2. The largest absolute Gasteiger partial charge is 0.478 e. The Morgan fingerprint density at radius 1 is 0.618 bits per heavy atom. The van der Waals surface area contributed by atoms with E-state index in [4.69, 9.17) is 20.9 Å². The molecule has 0 bridgehead atoms. The van der Waals surface area contributed by atoms with Crippen LogP contribution in [0.25, 0.3) is 11.1 Å². The summed E-state index contributed by atoms with van der Waals surface area (Å²) in [7, 11) is 0. The van der Waals surface area contributed by atoms with Gasteiger partial charge in [0.05, 0.1) is 5.69 Å². The van der Waals surface area contributed by atoms with Crippen LogP contribution in [-0.2, 0) is 0 Å². The van der Waals surface area contributed by atoms with Crippen molar-refractivity contribution in [1.29, 1.82) is 0 Å². The second-order valence-corrected chi connectivity index (χ2v) is 7.25. The molecule has 34 heavy (non-hydrogen) atoms. The molecule has 0 aromatic heterocycles. The molecule has 0 saturated carbocycles. The summed E-state index contributed by atoms with van der Waals surface area (Å²) in [5.41, 5.74) is 14.0. The van der Waals surface area contributed by atoms with Gasteiger partial charge < -0.3 is 31.2 Å². The standard InChI is InChI=1S/C26H20N2O6/c27-22-18(15-8-2-1-3-9-15)14-21(33-19-12-6-4-10-16(19)25(29)30)24(23(22)28)34-20-13-7-5-11-17(20)26(31)32/h1-14H,27-28H2,(H,29,30)(H,31,32). The van der Waals surface area contributed by atoms with Crippen LogP contribution in [0.4, 0.5) is 11.4 Å². The Labute approximate surface area is 194 Å². The zero-order chi connectivity index (χ0) is 24.2. The van der Waals surface area contributed by atoms with Crippen molar-refractivity contribution in [3.63, 3.8) is 0 Å². The molecule has 0 aliphatic carbocycles. The van der Waals surface area contributed by atoms with Gasteiger partial charge >= 0.3 is 11.9 Å². The van der Waals surface area contributed by atoms with Gasteiger partial charge in [-0.2, -0.15) is 0 Å². The van der Waals surface area contributed by atoms with Crippen LogP contribution >= 0.6 is 0 Å². The zero-order valence-corrected chi connectivity index (χ0v) is 17.8. The summed E-state index contributed by atoms with van der Waals surface area (Å²) >= 11 is 0. The monoisotopic (exact) mass is 456 g/mol. The summed E-state index contributed by atoms with van der Waals surface area (Å²) in [4.78, 5) is 23.4. The molecular formula is C26H20N2O6. The predicted molar refractivity (Wildman–Crippen MR) is 128 cm³/mol. The first-order valence-electron chi connectivity index (χ1n) is 10.1. The van der Waals surface area contributed by atoms with Gasteiger partial charge in [0.25, 0.3) is 0 Å². The number of carboxylic acids is 2. The molecule has 0 aliphatic rings. The van der Waals surface area contributed by atoms with E-state index in [-0.39, 0.29) is 45.5 Å². The predicted octanol–water partition coefficient (Wildman–Crippen LogP) is 5.50. The van der Waals surface area contributed by atoms with Crippen molar-refractivity contribution in [3.05, 3.63) is 96.1 Å². The molecule has 170 valence electrons. The van der Waals surface area contributed by atoms with E-state index in [1.807, 2.05) is 30.3 Å². The summed E-state index contributed by atoms with van der Waals surface area (Å²) in [6.07, 6.45) is 0. The van der Waals surface area contributed by atoms with E-state index in [0.717, 1.165) is 5.56 Å². The molecular weight excluding hydrogens is 436 g/mol. The third-order valence-corrected chi connectivity index (χ3v) is 5.08. The topological polar surface area (TPSA) is 145 Å². The van der Waals surface area contributed by atoms with E-state index in [9.17, 15) is 19.8 Å². The van der Waals surface area contributed by atoms with Crippen molar-refractivity contribution in [2.75, 3.05) is 11.5 Å². The highest BCUT2D eigenvalue weighted by Crippen LogP contribution is 2.48. The lowest BCUT2D eigenvalue weighted by Crippen LogP contribution is -2.06. The van der Waals surface area contributed by atoms with E-state index in [2.05, 4.69) is 0 Å². The van der Waals surface area contributed by atoms with Crippen LogP contribution in [0.1, 0.15) is 20.7 Å². The number of aromatic carboxylic acids is 2. The molecule has 0 unspecified atom stereocenters. The Bertz CT molecular complexity index is 1390. The molecule has 0 spiro atoms. The Morgan fingerprint density at radius 2 is 1.12 bits per heavy atom. The van der Waals surface area contributed by atoms with Crippen molar-refractivity contribution in [1.82, 2.24) is 0 Å². The fraction of sp³-hybridized carbons (Fsp3) is 0. The molecule has 0 saturated heterocycles. The summed E-state index contributed by atoms with van der Waals surface area (Å²) in [6.45, 7) is 0. The fourth-order valence-electron chi connectivity index (χ4n) is 3.41. The Morgan fingerprint density at radius 3 is 1.68 bits per heavy atom. The van der Waals surface area contributed by atoms with Crippen molar-refractivity contribution >= 4 is 23.3 Å². The Kier molecular flexibility index (Phi) is 6.05. The summed E-state index contributed by atoms with van der Waals surface area (Å²) in [5.74, 6) is -2.27. The average Bonchev–Trinajstić information content (AvgIpc) is 2.84. The lowest BCUT2D eigenvalue weighted by molar-refractivity contribution is 0.0682. The summed E-state index contributed by atoms with van der Waals surface area (Å²) < 4.78 is 11.9. The molecule has 0 fully saturated rings. The van der Waals surface area contributed by atoms with Crippen LogP contribution in [0.15, 0.2) is 84.9 Å². The Balaban J connectivity index is 1.91. The van der Waals surface area contributed by atoms with Crippen LogP contribution in [0.5, 0.6) is 23.0 Å². The van der Waals surface area contributed by atoms with Gasteiger partial charge in [-0.05, 0) is 35.9 Å². The number of para-hydroxylation sites is 2. The number of hydrogen-bond donors (Lipinski definition) is 4. The molecule has 0 radical (unpaired) electrons. The minimum absolute atomic E-state index is 0.0179. The first kappa shape index (κ1) is 22.2. The lowest BCUT2D eigenvalue weighted by atomic mass is 10.0. The van der Waals surface area contributed by atoms with E-state index >= 15 is 0 Å². The number of carboxylic acid groups (broad SMARTS) is 2.